The number of nitrogens with one attached hydrogen (secondary N) is 1. The number of methoxy groups -OCH3 is 1. The van der Waals surface area contributed by atoms with Gasteiger partial charge in [0.05, 0.1) is 7.11 Å². The quantitative estimate of drug-likeness (QED) is 0.447. The molecule has 23 heavy (non-hydrogen) atoms. The van der Waals surface area contributed by atoms with Gasteiger partial charge in [-0.2, -0.15) is 0 Å². The van der Waals surface area contributed by atoms with Crippen molar-refractivity contribution in [3.63, 3.8) is 0 Å². The van der Waals surface area contributed by atoms with Crippen molar-refractivity contribution in [2.75, 3.05) is 19.0 Å². The summed E-state index contributed by atoms with van der Waals surface area (Å²) in [6.45, 7) is 0.728. The van der Waals surface area contributed by atoms with Crippen molar-refractivity contribution in [1.29, 1.82) is 0 Å². The second kappa shape index (κ2) is 8.19. The molecule has 0 bridgehead atoms. The summed E-state index contributed by atoms with van der Waals surface area (Å²) in [5.41, 5.74) is 9.76. The van der Waals surface area contributed by atoms with Crippen molar-refractivity contribution in [3.05, 3.63) is 59.7 Å². The molecule has 2 aromatic rings. The van der Waals surface area contributed by atoms with Gasteiger partial charge in [-0.15, -0.1) is 24.0 Å². The molecule has 0 saturated heterocycles. The zero-order valence-electron chi connectivity index (χ0n) is 13.2. The molecule has 1 aliphatic rings. The molecule has 0 spiro atoms. The highest BCUT2D eigenvalue weighted by Gasteiger charge is 2.21. The van der Waals surface area contributed by atoms with Crippen LogP contribution >= 0.6 is 24.0 Å². The number of aliphatic imine (C=N–C) groups is 1. The molecule has 0 aliphatic heterocycles. The molecule has 122 valence electrons. The Morgan fingerprint density at radius 1 is 1.22 bits per heavy atom. The number of guanidine groups is 1. The molecule has 1 unspecified atom stereocenters. The predicted molar refractivity (Wildman–Crippen MR) is 106 cm³/mol. The highest BCUT2D eigenvalue weighted by Crippen LogP contribution is 2.32. The molecule has 0 saturated carbocycles. The highest BCUT2D eigenvalue weighted by molar-refractivity contribution is 14.0. The normalized spacial score (nSPS) is 16.4. The van der Waals surface area contributed by atoms with Crippen LogP contribution in [-0.2, 0) is 6.42 Å². The van der Waals surface area contributed by atoms with Crippen molar-refractivity contribution >= 4 is 35.6 Å². The van der Waals surface area contributed by atoms with Crippen LogP contribution in [0.2, 0.25) is 0 Å². The van der Waals surface area contributed by atoms with Crippen molar-refractivity contribution in [2.24, 2.45) is 10.7 Å². The second-order valence-corrected chi connectivity index (χ2v) is 5.51. The first-order chi connectivity index (χ1) is 10.8. The van der Waals surface area contributed by atoms with Crippen molar-refractivity contribution < 1.29 is 4.74 Å². The van der Waals surface area contributed by atoms with E-state index in [1.54, 1.807) is 7.11 Å². The fraction of sp³-hybridized carbons (Fsp3) is 0.278. The van der Waals surface area contributed by atoms with E-state index in [9.17, 15) is 0 Å². The van der Waals surface area contributed by atoms with Gasteiger partial charge in [-0.1, -0.05) is 24.3 Å². The minimum Gasteiger partial charge on any atom is -0.497 e. The van der Waals surface area contributed by atoms with E-state index in [0.717, 1.165) is 30.8 Å². The summed E-state index contributed by atoms with van der Waals surface area (Å²) in [6.07, 6.45) is 2.29. The summed E-state index contributed by atoms with van der Waals surface area (Å²) in [4.78, 5) is 4.49. The molecule has 1 aliphatic carbocycles. The third kappa shape index (κ3) is 4.37. The number of hydrogen-bond acceptors (Lipinski definition) is 2. The summed E-state index contributed by atoms with van der Waals surface area (Å²) < 4.78 is 5.13. The lowest BCUT2D eigenvalue weighted by Crippen LogP contribution is -2.23. The van der Waals surface area contributed by atoms with E-state index in [0.29, 0.717) is 11.9 Å². The van der Waals surface area contributed by atoms with E-state index in [-0.39, 0.29) is 24.0 Å². The largest absolute Gasteiger partial charge is 0.497 e. The number of rotatable bonds is 4. The van der Waals surface area contributed by atoms with Crippen LogP contribution in [0.3, 0.4) is 0 Å². The monoisotopic (exact) mass is 423 g/mol. The van der Waals surface area contributed by atoms with Gasteiger partial charge in [0.2, 0.25) is 0 Å². The Morgan fingerprint density at radius 3 is 2.70 bits per heavy atom. The number of halogens is 1. The number of hydrogen-bond donors (Lipinski definition) is 2. The lowest BCUT2D eigenvalue weighted by Gasteiger charge is -2.10. The maximum Gasteiger partial charge on any atom is 0.193 e. The van der Waals surface area contributed by atoms with Gasteiger partial charge in [0, 0.05) is 18.2 Å². The minimum absolute atomic E-state index is 0. The number of fused-ring (bicyclic) bond motifs is 1. The minimum atomic E-state index is 0. The molecule has 0 radical (unpaired) electrons. The van der Waals surface area contributed by atoms with Crippen LogP contribution in [0.1, 0.15) is 23.5 Å². The topological polar surface area (TPSA) is 59.6 Å². The lowest BCUT2D eigenvalue weighted by atomic mass is 10.0. The molecule has 3 N–H and O–H groups in total. The first kappa shape index (κ1) is 17.6. The summed E-state index contributed by atoms with van der Waals surface area (Å²) >= 11 is 0. The highest BCUT2D eigenvalue weighted by atomic mass is 127. The molecule has 3 rings (SSSR count). The van der Waals surface area contributed by atoms with E-state index in [2.05, 4.69) is 34.6 Å². The standard InChI is InChI=1S/C18H21N3O.HI/c1-22-16-10-8-15(9-11-16)21-18(19)20-12-14-7-6-13-4-2-3-5-17(13)14;/h2-5,8-11,14H,6-7,12H2,1H3,(H3,19,20,21);1H. The number of ether oxygens (including phenoxy) is 1. The zero-order chi connectivity index (χ0) is 15.4. The van der Waals surface area contributed by atoms with Crippen LogP contribution in [0.4, 0.5) is 5.69 Å². The molecule has 0 aromatic heterocycles. The van der Waals surface area contributed by atoms with Crippen LogP contribution in [-0.4, -0.2) is 19.6 Å². The lowest BCUT2D eigenvalue weighted by molar-refractivity contribution is 0.415. The van der Waals surface area contributed by atoms with Crippen molar-refractivity contribution in [2.45, 2.75) is 18.8 Å². The molecule has 2 aromatic carbocycles. The maximum atomic E-state index is 5.98. The third-order valence-corrected chi connectivity index (χ3v) is 4.10. The van der Waals surface area contributed by atoms with Gasteiger partial charge in [-0.3, -0.25) is 4.99 Å². The number of aryl methyl sites for hydroxylation is 1. The smallest absolute Gasteiger partial charge is 0.193 e. The van der Waals surface area contributed by atoms with Crippen LogP contribution in [0.25, 0.3) is 0 Å². The average molecular weight is 423 g/mol. The van der Waals surface area contributed by atoms with Crippen LogP contribution in [0.5, 0.6) is 5.75 Å². The number of nitrogens with zero attached hydrogens (tertiary/aromatic N) is 1. The first-order valence-electron chi connectivity index (χ1n) is 7.55. The Hall–Kier alpha value is -1.76. The van der Waals surface area contributed by atoms with Gasteiger partial charge in [0.1, 0.15) is 5.75 Å². The van der Waals surface area contributed by atoms with E-state index in [1.807, 2.05) is 24.3 Å². The molecule has 1 atom stereocenters. The third-order valence-electron chi connectivity index (χ3n) is 4.10. The molecule has 4 nitrogen and oxygen atoms in total. The summed E-state index contributed by atoms with van der Waals surface area (Å²) in [7, 11) is 1.65. The number of nitrogens with two attached hydrogens (primary N) is 1. The van der Waals surface area contributed by atoms with Gasteiger partial charge >= 0.3 is 0 Å². The van der Waals surface area contributed by atoms with E-state index in [4.69, 9.17) is 10.5 Å². The fourth-order valence-corrected chi connectivity index (χ4v) is 2.91. The Labute approximate surface area is 154 Å². The first-order valence-corrected chi connectivity index (χ1v) is 7.55. The van der Waals surface area contributed by atoms with Crippen LogP contribution in [0, 0.1) is 0 Å². The van der Waals surface area contributed by atoms with E-state index >= 15 is 0 Å². The molecule has 5 heteroatoms. The van der Waals surface area contributed by atoms with Gasteiger partial charge in [0.15, 0.2) is 5.96 Å². The summed E-state index contributed by atoms with van der Waals surface area (Å²) in [5.74, 6) is 1.76. The average Bonchev–Trinajstić information content (AvgIpc) is 2.97. The van der Waals surface area contributed by atoms with Crippen LogP contribution in [0.15, 0.2) is 53.5 Å². The number of benzene rings is 2. The van der Waals surface area contributed by atoms with Crippen molar-refractivity contribution in [3.8, 4) is 5.75 Å². The fourth-order valence-electron chi connectivity index (χ4n) is 2.91. The van der Waals surface area contributed by atoms with Crippen LogP contribution < -0.4 is 15.8 Å². The number of anilines is 1. The summed E-state index contributed by atoms with van der Waals surface area (Å²) in [6, 6.07) is 16.2. The Kier molecular flexibility index (Phi) is 6.27. The van der Waals surface area contributed by atoms with E-state index < -0.39 is 0 Å². The second-order valence-electron chi connectivity index (χ2n) is 5.51. The Balaban J connectivity index is 0.00000192. The zero-order valence-corrected chi connectivity index (χ0v) is 15.5. The van der Waals surface area contributed by atoms with Gasteiger partial charge < -0.3 is 15.8 Å². The van der Waals surface area contributed by atoms with Gasteiger partial charge in [-0.25, -0.2) is 0 Å². The maximum absolute atomic E-state index is 5.98. The summed E-state index contributed by atoms with van der Waals surface area (Å²) in [5, 5.41) is 3.11. The SMILES string of the molecule is COc1ccc(NC(N)=NCC2CCc3ccccc32)cc1.I. The van der Waals surface area contributed by atoms with Crippen molar-refractivity contribution in [1.82, 2.24) is 0 Å². The molecular formula is C18H22IN3O. The van der Waals surface area contributed by atoms with Gasteiger partial charge in [-0.05, 0) is 48.2 Å². The molecule has 0 fully saturated rings. The predicted octanol–water partition coefficient (Wildman–Crippen LogP) is 3.77. The molecular weight excluding hydrogens is 401 g/mol. The van der Waals surface area contributed by atoms with E-state index in [1.165, 1.54) is 11.1 Å². The Morgan fingerprint density at radius 2 is 1.96 bits per heavy atom. The molecule has 0 heterocycles. The van der Waals surface area contributed by atoms with Gasteiger partial charge in [0.25, 0.3) is 0 Å². The molecule has 0 amide bonds. The Bertz CT molecular complexity index is 670.